The molecule has 0 atom stereocenters. The molecule has 2 aromatic rings. The zero-order valence-electron chi connectivity index (χ0n) is 14.9. The van der Waals surface area contributed by atoms with Gasteiger partial charge in [0, 0.05) is 23.5 Å². The van der Waals surface area contributed by atoms with Crippen molar-refractivity contribution in [1.82, 2.24) is 10.7 Å². The molecule has 2 aromatic carbocycles. The molecule has 140 valence electrons. The van der Waals surface area contributed by atoms with Gasteiger partial charge < -0.3 is 15.7 Å². The van der Waals surface area contributed by atoms with Crippen molar-refractivity contribution in [3.63, 3.8) is 0 Å². The van der Waals surface area contributed by atoms with Crippen molar-refractivity contribution in [3.8, 4) is 0 Å². The van der Waals surface area contributed by atoms with Gasteiger partial charge in [-0.25, -0.2) is 10.2 Å². The fourth-order valence-electron chi connectivity index (χ4n) is 2.23. The van der Waals surface area contributed by atoms with E-state index in [9.17, 15) is 19.5 Å². The van der Waals surface area contributed by atoms with Crippen LogP contribution in [0.2, 0.25) is 0 Å². The molecular formula is C19H20N4O4. The van der Waals surface area contributed by atoms with Crippen LogP contribution in [0.3, 0.4) is 0 Å². The SMILES string of the molecule is CCNC(=O)C(=O)N/N=C\c1cc(C(=O)O)ccc1Nc1ccccc1C. The molecule has 0 saturated carbocycles. The number of carbonyl (C=O) groups excluding carboxylic acids is 2. The first kappa shape index (κ1) is 19.6. The van der Waals surface area contributed by atoms with Gasteiger partial charge in [0.15, 0.2) is 0 Å². The number of benzene rings is 2. The van der Waals surface area contributed by atoms with Crippen LogP contribution in [0.5, 0.6) is 0 Å². The Morgan fingerprint density at radius 1 is 1.07 bits per heavy atom. The summed E-state index contributed by atoms with van der Waals surface area (Å²) >= 11 is 0. The number of hydrogen-bond acceptors (Lipinski definition) is 5. The van der Waals surface area contributed by atoms with Crippen molar-refractivity contribution in [2.24, 2.45) is 5.10 Å². The fraction of sp³-hybridized carbons (Fsp3) is 0.158. The molecule has 0 spiro atoms. The normalized spacial score (nSPS) is 10.4. The maximum Gasteiger partial charge on any atom is 0.335 e. The smallest absolute Gasteiger partial charge is 0.335 e. The van der Waals surface area contributed by atoms with E-state index in [0.717, 1.165) is 11.3 Å². The molecule has 0 radical (unpaired) electrons. The van der Waals surface area contributed by atoms with Crippen molar-refractivity contribution in [3.05, 3.63) is 59.2 Å². The van der Waals surface area contributed by atoms with Gasteiger partial charge in [-0.2, -0.15) is 5.10 Å². The number of hydrogen-bond donors (Lipinski definition) is 4. The largest absolute Gasteiger partial charge is 0.478 e. The Morgan fingerprint density at radius 3 is 2.48 bits per heavy atom. The quantitative estimate of drug-likeness (QED) is 0.353. The van der Waals surface area contributed by atoms with Gasteiger partial charge >= 0.3 is 17.8 Å². The number of carboxylic acid groups (broad SMARTS) is 1. The Bertz CT molecular complexity index is 893. The van der Waals surface area contributed by atoms with Gasteiger partial charge in [0.1, 0.15) is 0 Å². The Morgan fingerprint density at radius 2 is 1.81 bits per heavy atom. The highest BCUT2D eigenvalue weighted by Crippen LogP contribution is 2.23. The minimum absolute atomic E-state index is 0.0711. The summed E-state index contributed by atoms with van der Waals surface area (Å²) in [6.07, 6.45) is 1.28. The van der Waals surface area contributed by atoms with Crippen LogP contribution in [0.25, 0.3) is 0 Å². The monoisotopic (exact) mass is 368 g/mol. The van der Waals surface area contributed by atoms with Gasteiger partial charge in [-0.1, -0.05) is 18.2 Å². The molecule has 8 heteroatoms. The lowest BCUT2D eigenvalue weighted by Gasteiger charge is -2.12. The van der Waals surface area contributed by atoms with Crippen LogP contribution in [-0.4, -0.2) is 35.6 Å². The van der Waals surface area contributed by atoms with Gasteiger partial charge in [-0.3, -0.25) is 9.59 Å². The van der Waals surface area contributed by atoms with Crippen molar-refractivity contribution in [2.45, 2.75) is 13.8 Å². The Kier molecular flexibility index (Phi) is 6.65. The first-order valence-corrected chi connectivity index (χ1v) is 8.23. The molecule has 0 aliphatic heterocycles. The van der Waals surface area contributed by atoms with Crippen molar-refractivity contribution >= 4 is 35.4 Å². The van der Waals surface area contributed by atoms with Gasteiger partial charge in [0.05, 0.1) is 11.8 Å². The molecule has 0 heterocycles. The highest BCUT2D eigenvalue weighted by molar-refractivity contribution is 6.35. The molecule has 0 aromatic heterocycles. The summed E-state index contributed by atoms with van der Waals surface area (Å²) in [7, 11) is 0. The predicted molar refractivity (Wildman–Crippen MR) is 102 cm³/mol. The van der Waals surface area contributed by atoms with Crippen LogP contribution in [0.1, 0.15) is 28.4 Å². The number of carboxylic acids is 1. The van der Waals surface area contributed by atoms with Crippen LogP contribution in [-0.2, 0) is 9.59 Å². The lowest BCUT2D eigenvalue weighted by molar-refractivity contribution is -0.139. The van der Waals surface area contributed by atoms with E-state index < -0.39 is 17.8 Å². The number of hydrazone groups is 1. The topological polar surface area (TPSA) is 120 Å². The number of aromatic carboxylic acids is 1. The van der Waals surface area contributed by atoms with Gasteiger partial charge in [-0.15, -0.1) is 0 Å². The van der Waals surface area contributed by atoms with E-state index in [2.05, 4.69) is 21.2 Å². The van der Waals surface area contributed by atoms with Gasteiger partial charge in [-0.05, 0) is 43.7 Å². The van der Waals surface area contributed by atoms with Gasteiger partial charge in [0.25, 0.3) is 0 Å². The second-order valence-electron chi connectivity index (χ2n) is 5.61. The molecular weight excluding hydrogens is 348 g/mol. The van der Waals surface area contributed by atoms with E-state index in [0.29, 0.717) is 17.8 Å². The zero-order valence-corrected chi connectivity index (χ0v) is 14.9. The van der Waals surface area contributed by atoms with E-state index in [1.54, 1.807) is 13.0 Å². The summed E-state index contributed by atoms with van der Waals surface area (Å²) in [5.41, 5.74) is 5.08. The lowest BCUT2D eigenvalue weighted by atomic mass is 10.1. The number of amides is 2. The minimum atomic E-state index is -1.08. The van der Waals surface area contributed by atoms with E-state index in [-0.39, 0.29) is 5.56 Å². The zero-order chi connectivity index (χ0) is 19.8. The average Bonchev–Trinajstić information content (AvgIpc) is 2.64. The molecule has 4 N–H and O–H groups in total. The first-order valence-electron chi connectivity index (χ1n) is 8.23. The van der Waals surface area contributed by atoms with Crippen LogP contribution in [0, 0.1) is 6.92 Å². The summed E-state index contributed by atoms with van der Waals surface area (Å²) in [4.78, 5) is 34.2. The number of para-hydroxylation sites is 1. The van der Waals surface area contributed by atoms with Crippen molar-refractivity contribution in [1.29, 1.82) is 0 Å². The standard InChI is InChI=1S/C19H20N4O4/c1-3-20-17(24)18(25)23-21-11-14-10-13(19(26)27)8-9-16(14)22-15-7-5-4-6-12(15)2/h4-11,22H,3H2,1-2H3,(H,20,24)(H,23,25)(H,26,27)/b21-11-. The van der Waals surface area contributed by atoms with Crippen LogP contribution in [0.15, 0.2) is 47.6 Å². The molecule has 27 heavy (non-hydrogen) atoms. The molecule has 2 rings (SSSR count). The molecule has 2 amide bonds. The van der Waals surface area contributed by atoms with E-state index in [1.807, 2.05) is 31.2 Å². The number of carbonyl (C=O) groups is 3. The van der Waals surface area contributed by atoms with Crippen molar-refractivity contribution < 1.29 is 19.5 Å². The molecule has 0 aliphatic carbocycles. The first-order chi connectivity index (χ1) is 12.9. The number of anilines is 2. The lowest BCUT2D eigenvalue weighted by Crippen LogP contribution is -2.37. The number of likely N-dealkylation sites (N-methyl/N-ethyl adjacent to an activating group) is 1. The number of nitrogens with one attached hydrogen (secondary N) is 3. The molecule has 0 saturated heterocycles. The van der Waals surface area contributed by atoms with Crippen LogP contribution >= 0.6 is 0 Å². The predicted octanol–water partition coefficient (Wildman–Crippen LogP) is 2.02. The maximum atomic E-state index is 11.6. The summed E-state index contributed by atoms with van der Waals surface area (Å²) in [6.45, 7) is 3.95. The Hall–Kier alpha value is -3.68. The van der Waals surface area contributed by atoms with Crippen LogP contribution in [0.4, 0.5) is 11.4 Å². The second-order valence-corrected chi connectivity index (χ2v) is 5.61. The fourth-order valence-corrected chi connectivity index (χ4v) is 2.23. The van der Waals surface area contributed by atoms with Crippen molar-refractivity contribution in [2.75, 3.05) is 11.9 Å². The Balaban J connectivity index is 2.26. The maximum absolute atomic E-state index is 11.6. The minimum Gasteiger partial charge on any atom is -0.478 e. The number of aryl methyl sites for hydroxylation is 1. The number of rotatable bonds is 6. The highest BCUT2D eigenvalue weighted by Gasteiger charge is 2.11. The second kappa shape index (κ2) is 9.14. The number of nitrogens with zero attached hydrogens (tertiary/aromatic N) is 1. The summed E-state index contributed by atoms with van der Waals surface area (Å²) in [6, 6.07) is 12.1. The summed E-state index contributed by atoms with van der Waals surface area (Å²) in [5, 5.41) is 18.5. The average molecular weight is 368 g/mol. The third-order valence-corrected chi connectivity index (χ3v) is 3.63. The third-order valence-electron chi connectivity index (χ3n) is 3.63. The molecule has 0 unspecified atom stereocenters. The Labute approximate surface area is 156 Å². The third kappa shape index (κ3) is 5.40. The molecule has 0 bridgehead atoms. The van der Waals surface area contributed by atoms with E-state index in [1.165, 1.54) is 18.3 Å². The van der Waals surface area contributed by atoms with E-state index >= 15 is 0 Å². The molecule has 0 aliphatic rings. The molecule has 0 fully saturated rings. The highest BCUT2D eigenvalue weighted by atomic mass is 16.4. The summed E-state index contributed by atoms with van der Waals surface area (Å²) in [5.74, 6) is -2.79. The van der Waals surface area contributed by atoms with E-state index in [4.69, 9.17) is 0 Å². The van der Waals surface area contributed by atoms with Crippen LogP contribution < -0.4 is 16.1 Å². The molecule has 8 nitrogen and oxygen atoms in total. The summed E-state index contributed by atoms with van der Waals surface area (Å²) < 4.78 is 0. The van der Waals surface area contributed by atoms with Gasteiger partial charge in [0.2, 0.25) is 0 Å².